The molecule has 0 unspecified atom stereocenters. The number of amides is 1. The van der Waals surface area contributed by atoms with Crippen molar-refractivity contribution >= 4 is 45.0 Å². The fourth-order valence-corrected chi connectivity index (χ4v) is 3.14. The number of thioether (sulfide) groups is 1. The van der Waals surface area contributed by atoms with Gasteiger partial charge in [0.05, 0.1) is 23.5 Å². The van der Waals surface area contributed by atoms with E-state index in [0.29, 0.717) is 11.4 Å². The van der Waals surface area contributed by atoms with E-state index in [9.17, 15) is 14.9 Å². The number of ether oxygens (including phenoxy) is 1. The Bertz CT molecular complexity index is 755. The standard InChI is InChI=1S/C16H15BrN2O4S/c1-23-15-7-6-11(8-14(15)19(21)22)9-24-10-16(20)18-13-5-3-2-4-12(13)17/h2-8H,9-10H2,1H3,(H,18,20). The Labute approximate surface area is 151 Å². The van der Waals surface area contributed by atoms with Crippen LogP contribution in [0, 0.1) is 10.1 Å². The summed E-state index contributed by atoms with van der Waals surface area (Å²) in [4.78, 5) is 22.5. The van der Waals surface area contributed by atoms with Crippen molar-refractivity contribution in [3.63, 3.8) is 0 Å². The first-order chi connectivity index (χ1) is 11.5. The Kier molecular flexibility index (Phi) is 6.62. The predicted octanol–water partition coefficient (Wildman–Crippen LogP) is 4.24. The van der Waals surface area contributed by atoms with Crippen LogP contribution in [0.5, 0.6) is 5.75 Å². The molecule has 0 aliphatic heterocycles. The van der Waals surface area contributed by atoms with Crippen molar-refractivity contribution in [3.05, 3.63) is 62.6 Å². The number of hydrogen-bond donors (Lipinski definition) is 1. The van der Waals surface area contributed by atoms with Crippen LogP contribution < -0.4 is 10.1 Å². The highest BCUT2D eigenvalue weighted by Crippen LogP contribution is 2.29. The van der Waals surface area contributed by atoms with Gasteiger partial charge in [-0.25, -0.2) is 0 Å². The van der Waals surface area contributed by atoms with Crippen LogP contribution in [0.1, 0.15) is 5.56 Å². The van der Waals surface area contributed by atoms with E-state index in [1.54, 1.807) is 18.2 Å². The first kappa shape index (κ1) is 18.3. The van der Waals surface area contributed by atoms with Gasteiger partial charge in [0, 0.05) is 16.3 Å². The Morgan fingerprint density at radius 2 is 2.08 bits per heavy atom. The molecule has 2 aromatic rings. The molecule has 0 spiro atoms. The van der Waals surface area contributed by atoms with Crippen LogP contribution in [0.15, 0.2) is 46.9 Å². The molecule has 0 radical (unpaired) electrons. The van der Waals surface area contributed by atoms with Crippen molar-refractivity contribution in [3.8, 4) is 5.75 Å². The van der Waals surface area contributed by atoms with Crippen LogP contribution in [0.25, 0.3) is 0 Å². The topological polar surface area (TPSA) is 81.5 Å². The van der Waals surface area contributed by atoms with Crippen molar-refractivity contribution in [1.82, 2.24) is 0 Å². The SMILES string of the molecule is COc1ccc(CSCC(=O)Nc2ccccc2Br)cc1[N+](=O)[O-]. The maximum atomic E-state index is 11.9. The molecule has 0 atom stereocenters. The molecule has 2 aromatic carbocycles. The van der Waals surface area contributed by atoms with Gasteiger partial charge in [0.2, 0.25) is 5.91 Å². The summed E-state index contributed by atoms with van der Waals surface area (Å²) in [7, 11) is 1.39. The Morgan fingerprint density at radius 1 is 1.33 bits per heavy atom. The Hall–Kier alpha value is -2.06. The van der Waals surface area contributed by atoms with E-state index in [0.717, 1.165) is 10.0 Å². The number of carbonyl (C=O) groups is 1. The molecule has 0 aliphatic carbocycles. The van der Waals surface area contributed by atoms with E-state index < -0.39 is 4.92 Å². The van der Waals surface area contributed by atoms with E-state index in [1.165, 1.54) is 24.9 Å². The molecule has 0 fully saturated rings. The zero-order valence-corrected chi connectivity index (χ0v) is 15.2. The summed E-state index contributed by atoms with van der Waals surface area (Å²) in [6.07, 6.45) is 0. The normalized spacial score (nSPS) is 10.2. The highest BCUT2D eigenvalue weighted by molar-refractivity contribution is 9.10. The number of nitrogens with one attached hydrogen (secondary N) is 1. The third-order valence-electron chi connectivity index (χ3n) is 3.09. The largest absolute Gasteiger partial charge is 0.490 e. The van der Waals surface area contributed by atoms with Gasteiger partial charge in [0.1, 0.15) is 0 Å². The second-order valence-corrected chi connectivity index (χ2v) is 6.62. The summed E-state index contributed by atoms with van der Waals surface area (Å²) in [6.45, 7) is 0. The van der Waals surface area contributed by atoms with Gasteiger partial charge in [0.15, 0.2) is 5.75 Å². The fourth-order valence-electron chi connectivity index (χ4n) is 1.98. The van der Waals surface area contributed by atoms with Gasteiger partial charge >= 0.3 is 5.69 Å². The van der Waals surface area contributed by atoms with Crippen LogP contribution in [0.3, 0.4) is 0 Å². The van der Waals surface area contributed by atoms with Gasteiger partial charge in [0.25, 0.3) is 0 Å². The van der Waals surface area contributed by atoms with Gasteiger partial charge in [-0.1, -0.05) is 18.2 Å². The van der Waals surface area contributed by atoms with E-state index >= 15 is 0 Å². The van der Waals surface area contributed by atoms with Crippen molar-refractivity contribution < 1.29 is 14.5 Å². The molecule has 0 aromatic heterocycles. The first-order valence-corrected chi connectivity index (χ1v) is 8.89. The summed E-state index contributed by atoms with van der Waals surface area (Å²) in [5.74, 6) is 0.838. The zero-order chi connectivity index (χ0) is 17.5. The highest BCUT2D eigenvalue weighted by atomic mass is 79.9. The van der Waals surface area contributed by atoms with Crippen LogP contribution in [0.4, 0.5) is 11.4 Å². The number of para-hydroxylation sites is 1. The van der Waals surface area contributed by atoms with Gasteiger partial charge in [-0.05, 0) is 39.7 Å². The van der Waals surface area contributed by atoms with Gasteiger partial charge in [-0.15, -0.1) is 11.8 Å². The maximum absolute atomic E-state index is 11.9. The van der Waals surface area contributed by atoms with Gasteiger partial charge in [-0.2, -0.15) is 0 Å². The molecular formula is C16H15BrN2O4S. The number of benzene rings is 2. The van der Waals surface area contributed by atoms with Crippen molar-refractivity contribution in [1.29, 1.82) is 0 Å². The minimum absolute atomic E-state index is 0.0757. The minimum atomic E-state index is -0.480. The molecule has 0 heterocycles. The van der Waals surface area contributed by atoms with Crippen LogP contribution in [-0.4, -0.2) is 23.7 Å². The number of carbonyl (C=O) groups excluding carboxylic acids is 1. The third-order valence-corrected chi connectivity index (χ3v) is 4.79. The summed E-state index contributed by atoms with van der Waals surface area (Å²) in [5, 5.41) is 13.8. The van der Waals surface area contributed by atoms with Crippen molar-refractivity contribution in [2.75, 3.05) is 18.2 Å². The molecule has 0 saturated carbocycles. The van der Waals surface area contributed by atoms with Crippen LogP contribution >= 0.6 is 27.7 Å². The fraction of sp³-hybridized carbons (Fsp3) is 0.188. The molecule has 0 aliphatic rings. The second-order valence-electron chi connectivity index (χ2n) is 4.78. The number of hydrogen-bond acceptors (Lipinski definition) is 5. The third kappa shape index (κ3) is 4.97. The number of halogens is 1. The van der Waals surface area contributed by atoms with Crippen molar-refractivity contribution in [2.45, 2.75) is 5.75 Å². The summed E-state index contributed by atoms with van der Waals surface area (Å²) in [6, 6.07) is 12.1. The summed E-state index contributed by atoms with van der Waals surface area (Å²) < 4.78 is 5.78. The lowest BCUT2D eigenvalue weighted by Crippen LogP contribution is -2.14. The molecule has 24 heavy (non-hydrogen) atoms. The predicted molar refractivity (Wildman–Crippen MR) is 98.6 cm³/mol. The van der Waals surface area contributed by atoms with Crippen molar-refractivity contribution in [2.24, 2.45) is 0 Å². The van der Waals surface area contributed by atoms with E-state index in [4.69, 9.17) is 4.74 Å². The molecule has 2 rings (SSSR count). The number of rotatable bonds is 7. The van der Waals surface area contributed by atoms with Gasteiger partial charge in [-0.3, -0.25) is 14.9 Å². The molecular weight excluding hydrogens is 396 g/mol. The quantitative estimate of drug-likeness (QED) is 0.545. The smallest absolute Gasteiger partial charge is 0.311 e. The summed E-state index contributed by atoms with van der Waals surface area (Å²) in [5.41, 5.74) is 1.40. The molecule has 1 N–H and O–H groups in total. The Morgan fingerprint density at radius 3 is 2.75 bits per heavy atom. The molecule has 8 heteroatoms. The van der Waals surface area contributed by atoms with Crippen LogP contribution in [-0.2, 0) is 10.5 Å². The minimum Gasteiger partial charge on any atom is -0.490 e. The lowest BCUT2D eigenvalue weighted by atomic mass is 10.2. The molecule has 0 saturated heterocycles. The molecule has 126 valence electrons. The van der Waals surface area contributed by atoms with E-state index in [2.05, 4.69) is 21.2 Å². The van der Waals surface area contributed by atoms with Gasteiger partial charge < -0.3 is 10.1 Å². The average molecular weight is 411 g/mol. The number of methoxy groups -OCH3 is 1. The molecule has 1 amide bonds. The number of nitrogens with zero attached hydrogens (tertiary/aromatic N) is 1. The van der Waals surface area contributed by atoms with E-state index in [1.807, 2.05) is 18.2 Å². The average Bonchev–Trinajstić information content (AvgIpc) is 2.56. The first-order valence-electron chi connectivity index (χ1n) is 6.94. The second kappa shape index (κ2) is 8.70. The number of nitro benzene ring substituents is 1. The van der Waals surface area contributed by atoms with E-state index in [-0.39, 0.29) is 23.1 Å². The zero-order valence-electron chi connectivity index (χ0n) is 12.8. The number of anilines is 1. The molecule has 0 bridgehead atoms. The highest BCUT2D eigenvalue weighted by Gasteiger charge is 2.15. The monoisotopic (exact) mass is 410 g/mol. The summed E-state index contributed by atoms with van der Waals surface area (Å²) >= 11 is 4.75. The lowest BCUT2D eigenvalue weighted by Gasteiger charge is -2.07. The van der Waals surface area contributed by atoms with Crippen LogP contribution in [0.2, 0.25) is 0 Å². The lowest BCUT2D eigenvalue weighted by molar-refractivity contribution is -0.385. The maximum Gasteiger partial charge on any atom is 0.311 e. The Balaban J connectivity index is 1.90. The molecule has 6 nitrogen and oxygen atoms in total. The number of nitro groups is 1.